The van der Waals surface area contributed by atoms with E-state index in [1.807, 2.05) is 6.92 Å². The largest absolute Gasteiger partial charge is 0.481 e. The Morgan fingerprint density at radius 3 is 2.81 bits per heavy atom. The van der Waals surface area contributed by atoms with Gasteiger partial charge in [-0.05, 0) is 30.5 Å². The van der Waals surface area contributed by atoms with E-state index in [2.05, 4.69) is 0 Å². The van der Waals surface area contributed by atoms with Gasteiger partial charge in [-0.1, -0.05) is 13.0 Å². The number of hydrogen-bond donors (Lipinski definition) is 2. The molecule has 0 bridgehead atoms. The molecule has 0 aromatic heterocycles. The molecule has 0 fully saturated rings. The van der Waals surface area contributed by atoms with Gasteiger partial charge in [0, 0.05) is 13.0 Å². The summed E-state index contributed by atoms with van der Waals surface area (Å²) in [6, 6.07) is 5.19. The number of rotatable bonds is 6. The van der Waals surface area contributed by atoms with Crippen molar-refractivity contribution in [2.24, 2.45) is 0 Å². The molecular formula is C15H19NO5. The lowest BCUT2D eigenvalue weighted by atomic mass is 10.1. The second kappa shape index (κ2) is 6.58. The molecule has 2 rings (SSSR count). The number of ether oxygens (including phenoxy) is 1. The van der Waals surface area contributed by atoms with Crippen LogP contribution in [0.5, 0.6) is 5.75 Å². The molecule has 1 aliphatic heterocycles. The van der Waals surface area contributed by atoms with E-state index in [1.54, 1.807) is 23.1 Å². The number of aliphatic hydroxyl groups excluding tert-OH is 1. The molecule has 1 aromatic carbocycles. The highest BCUT2D eigenvalue weighted by atomic mass is 16.5. The number of fused-ring (bicyclic) bond motifs is 1. The van der Waals surface area contributed by atoms with Crippen molar-refractivity contribution in [1.82, 2.24) is 0 Å². The van der Waals surface area contributed by atoms with E-state index in [9.17, 15) is 14.7 Å². The molecule has 1 heterocycles. The Morgan fingerprint density at radius 2 is 2.19 bits per heavy atom. The standard InChI is InChI=1S/C15H19NO5/c1-2-12-15(20)16(7-3-4-14(18)19)11-8-10(9-17)5-6-13(11)21-12/h5-6,8,12,17H,2-4,7,9H2,1H3,(H,18,19). The molecule has 1 unspecified atom stereocenters. The van der Waals surface area contributed by atoms with Crippen LogP contribution in [0, 0.1) is 0 Å². The summed E-state index contributed by atoms with van der Waals surface area (Å²) in [5.74, 6) is -0.452. The summed E-state index contributed by atoms with van der Waals surface area (Å²) in [5, 5.41) is 17.9. The first-order valence-electron chi connectivity index (χ1n) is 7.00. The molecule has 21 heavy (non-hydrogen) atoms. The number of aliphatic carboxylic acids is 1. The summed E-state index contributed by atoms with van der Waals surface area (Å²) in [6.45, 7) is 2.07. The zero-order valence-electron chi connectivity index (χ0n) is 11.9. The van der Waals surface area contributed by atoms with E-state index in [0.717, 1.165) is 0 Å². The minimum atomic E-state index is -0.882. The van der Waals surface area contributed by atoms with E-state index in [-0.39, 0.29) is 18.9 Å². The topological polar surface area (TPSA) is 87.1 Å². The molecule has 6 heteroatoms. The fourth-order valence-electron chi connectivity index (χ4n) is 2.35. The second-order valence-corrected chi connectivity index (χ2v) is 4.96. The lowest BCUT2D eigenvalue weighted by molar-refractivity contribution is -0.137. The second-order valence-electron chi connectivity index (χ2n) is 4.96. The lowest BCUT2D eigenvalue weighted by Gasteiger charge is -2.34. The van der Waals surface area contributed by atoms with Crippen LogP contribution in [0.2, 0.25) is 0 Å². The van der Waals surface area contributed by atoms with Gasteiger partial charge in [0.05, 0.1) is 12.3 Å². The normalized spacial score (nSPS) is 17.3. The van der Waals surface area contributed by atoms with Crippen LogP contribution in [0.3, 0.4) is 0 Å². The number of aliphatic hydroxyl groups is 1. The quantitative estimate of drug-likeness (QED) is 0.831. The molecule has 1 aliphatic rings. The number of nitrogens with zero attached hydrogens (tertiary/aromatic N) is 1. The fraction of sp³-hybridized carbons (Fsp3) is 0.467. The molecular weight excluding hydrogens is 274 g/mol. The van der Waals surface area contributed by atoms with Crippen LogP contribution in [0.1, 0.15) is 31.7 Å². The Labute approximate surface area is 122 Å². The maximum absolute atomic E-state index is 12.4. The van der Waals surface area contributed by atoms with E-state index < -0.39 is 12.1 Å². The number of carboxylic acids is 1. The summed E-state index contributed by atoms with van der Waals surface area (Å²) in [6.07, 6.45) is 0.397. The predicted molar refractivity (Wildman–Crippen MR) is 76.3 cm³/mol. The molecule has 1 amide bonds. The zero-order valence-corrected chi connectivity index (χ0v) is 11.9. The summed E-state index contributed by atoms with van der Waals surface area (Å²) in [7, 11) is 0. The maximum atomic E-state index is 12.4. The van der Waals surface area contributed by atoms with Crippen molar-refractivity contribution in [3.8, 4) is 5.75 Å². The van der Waals surface area contributed by atoms with Gasteiger partial charge in [-0.15, -0.1) is 0 Å². The van der Waals surface area contributed by atoms with E-state index in [1.165, 1.54) is 0 Å². The molecule has 2 N–H and O–H groups in total. The van der Waals surface area contributed by atoms with Gasteiger partial charge in [0.1, 0.15) is 5.75 Å². The van der Waals surface area contributed by atoms with Crippen molar-refractivity contribution < 1.29 is 24.5 Å². The van der Waals surface area contributed by atoms with Gasteiger partial charge in [-0.25, -0.2) is 0 Å². The third-order valence-electron chi connectivity index (χ3n) is 3.45. The summed E-state index contributed by atoms with van der Waals surface area (Å²) < 4.78 is 5.66. The minimum absolute atomic E-state index is 0.0104. The molecule has 6 nitrogen and oxygen atoms in total. The van der Waals surface area contributed by atoms with Crippen LogP contribution in [0.25, 0.3) is 0 Å². The Bertz CT molecular complexity index is 543. The Kier molecular flexibility index (Phi) is 4.80. The number of carbonyl (C=O) groups is 2. The van der Waals surface area contributed by atoms with Crippen molar-refractivity contribution in [3.63, 3.8) is 0 Å². The SMILES string of the molecule is CCC1Oc2ccc(CO)cc2N(CCCC(=O)O)C1=O. The van der Waals surface area contributed by atoms with Gasteiger partial charge >= 0.3 is 5.97 Å². The minimum Gasteiger partial charge on any atom is -0.481 e. The first kappa shape index (κ1) is 15.3. The first-order valence-corrected chi connectivity index (χ1v) is 7.00. The van der Waals surface area contributed by atoms with Crippen LogP contribution in [0.4, 0.5) is 5.69 Å². The fourth-order valence-corrected chi connectivity index (χ4v) is 2.35. The van der Waals surface area contributed by atoms with E-state index in [4.69, 9.17) is 9.84 Å². The van der Waals surface area contributed by atoms with Crippen molar-refractivity contribution in [3.05, 3.63) is 23.8 Å². The number of carbonyl (C=O) groups excluding carboxylic acids is 1. The average molecular weight is 293 g/mol. The van der Waals surface area contributed by atoms with Crippen LogP contribution in [-0.2, 0) is 16.2 Å². The highest BCUT2D eigenvalue weighted by Gasteiger charge is 2.33. The molecule has 0 aliphatic carbocycles. The van der Waals surface area contributed by atoms with E-state index >= 15 is 0 Å². The van der Waals surface area contributed by atoms with Gasteiger partial charge in [-0.3, -0.25) is 9.59 Å². The summed E-state index contributed by atoms with van der Waals surface area (Å²) in [4.78, 5) is 24.6. The van der Waals surface area contributed by atoms with Gasteiger partial charge in [0.25, 0.3) is 5.91 Å². The van der Waals surface area contributed by atoms with Gasteiger partial charge in [-0.2, -0.15) is 0 Å². The molecule has 0 saturated carbocycles. The van der Waals surface area contributed by atoms with Crippen LogP contribution in [-0.4, -0.2) is 34.7 Å². The van der Waals surface area contributed by atoms with Crippen LogP contribution in [0.15, 0.2) is 18.2 Å². The zero-order chi connectivity index (χ0) is 15.4. The Balaban J connectivity index is 2.27. The molecule has 0 spiro atoms. The molecule has 0 radical (unpaired) electrons. The smallest absolute Gasteiger partial charge is 0.303 e. The monoisotopic (exact) mass is 293 g/mol. The van der Waals surface area contributed by atoms with Crippen molar-refractivity contribution in [2.75, 3.05) is 11.4 Å². The van der Waals surface area contributed by atoms with Gasteiger partial charge < -0.3 is 19.8 Å². The number of carboxylic acid groups (broad SMARTS) is 1. The number of anilines is 1. The van der Waals surface area contributed by atoms with E-state index in [0.29, 0.717) is 36.4 Å². The van der Waals surface area contributed by atoms with Gasteiger partial charge in [0.15, 0.2) is 6.10 Å². The summed E-state index contributed by atoms with van der Waals surface area (Å²) >= 11 is 0. The number of benzene rings is 1. The Hall–Kier alpha value is -2.08. The lowest BCUT2D eigenvalue weighted by Crippen LogP contribution is -2.46. The van der Waals surface area contributed by atoms with Crippen molar-refractivity contribution in [2.45, 2.75) is 38.9 Å². The summed E-state index contributed by atoms with van der Waals surface area (Å²) in [5.41, 5.74) is 1.28. The van der Waals surface area contributed by atoms with Crippen molar-refractivity contribution >= 4 is 17.6 Å². The molecule has 114 valence electrons. The molecule has 1 atom stereocenters. The first-order chi connectivity index (χ1) is 10.1. The third-order valence-corrected chi connectivity index (χ3v) is 3.45. The highest BCUT2D eigenvalue weighted by Crippen LogP contribution is 2.35. The third kappa shape index (κ3) is 3.33. The van der Waals surface area contributed by atoms with Crippen LogP contribution < -0.4 is 9.64 Å². The average Bonchev–Trinajstić information content (AvgIpc) is 2.48. The Morgan fingerprint density at radius 1 is 1.43 bits per heavy atom. The maximum Gasteiger partial charge on any atom is 0.303 e. The van der Waals surface area contributed by atoms with Crippen molar-refractivity contribution in [1.29, 1.82) is 0 Å². The van der Waals surface area contributed by atoms with Crippen LogP contribution >= 0.6 is 0 Å². The van der Waals surface area contributed by atoms with Gasteiger partial charge in [0.2, 0.25) is 0 Å². The molecule has 1 aromatic rings. The molecule has 0 saturated heterocycles. The predicted octanol–water partition coefficient (Wildman–Crippen LogP) is 1.55. The highest BCUT2D eigenvalue weighted by molar-refractivity contribution is 6.00. The number of hydrogen-bond acceptors (Lipinski definition) is 4. The number of amides is 1.